The average molecular weight is 334 g/mol. The minimum absolute atomic E-state index is 1.18. The molecule has 3 heteroatoms. The third-order valence-electron chi connectivity index (χ3n) is 2.92. The molecule has 0 amide bonds. The predicted octanol–water partition coefficient (Wildman–Crippen LogP) is 3.84. The summed E-state index contributed by atoms with van der Waals surface area (Å²) in [5.74, 6) is 0. The molecule has 0 aliphatic heterocycles. The molecule has 0 saturated carbocycles. The molecule has 3 aromatic rings. The van der Waals surface area contributed by atoms with Crippen molar-refractivity contribution in [2.75, 3.05) is 0 Å². The van der Waals surface area contributed by atoms with Gasteiger partial charge in [-0.05, 0) is 39.4 Å². The summed E-state index contributed by atoms with van der Waals surface area (Å²) in [6.45, 7) is 0. The zero-order valence-corrected chi connectivity index (χ0v) is 11.5. The van der Waals surface area contributed by atoms with Gasteiger partial charge in [-0.1, -0.05) is 36.4 Å². The number of rotatable bonds is 1. The minimum atomic E-state index is 1.18. The Morgan fingerprint density at radius 1 is 1.06 bits per heavy atom. The van der Waals surface area contributed by atoms with Gasteiger partial charge in [-0.3, -0.25) is 4.68 Å². The molecular weight excluding hydrogens is 323 g/mol. The van der Waals surface area contributed by atoms with E-state index >= 15 is 0 Å². The van der Waals surface area contributed by atoms with Gasteiger partial charge in [0.2, 0.25) is 0 Å². The smallest absolute Gasteiger partial charge is 0.0812 e. The van der Waals surface area contributed by atoms with Gasteiger partial charge in [0, 0.05) is 12.6 Å². The Morgan fingerprint density at radius 3 is 2.53 bits per heavy atom. The number of nitrogens with zero attached hydrogens (tertiary/aromatic N) is 2. The van der Waals surface area contributed by atoms with Crippen molar-refractivity contribution in [3.63, 3.8) is 0 Å². The van der Waals surface area contributed by atoms with Crippen LogP contribution >= 0.6 is 22.6 Å². The maximum atomic E-state index is 4.28. The lowest BCUT2D eigenvalue weighted by Crippen LogP contribution is -1.94. The highest BCUT2D eigenvalue weighted by atomic mass is 127. The Labute approximate surface area is 113 Å². The van der Waals surface area contributed by atoms with Crippen molar-refractivity contribution in [2.24, 2.45) is 7.05 Å². The van der Waals surface area contributed by atoms with Crippen molar-refractivity contribution in [3.8, 4) is 11.3 Å². The van der Waals surface area contributed by atoms with E-state index in [9.17, 15) is 0 Å². The van der Waals surface area contributed by atoms with E-state index in [2.05, 4.69) is 70.2 Å². The summed E-state index contributed by atoms with van der Waals surface area (Å²) in [4.78, 5) is 0. The lowest BCUT2D eigenvalue weighted by Gasteiger charge is -2.05. The average Bonchev–Trinajstić information content (AvgIpc) is 2.68. The van der Waals surface area contributed by atoms with E-state index in [0.29, 0.717) is 0 Å². The zero-order chi connectivity index (χ0) is 11.8. The van der Waals surface area contributed by atoms with Crippen molar-refractivity contribution in [2.45, 2.75) is 0 Å². The van der Waals surface area contributed by atoms with Crippen LogP contribution in [0.2, 0.25) is 0 Å². The summed E-state index contributed by atoms with van der Waals surface area (Å²) in [5.41, 5.74) is 2.39. The third-order valence-corrected chi connectivity index (χ3v) is 3.71. The van der Waals surface area contributed by atoms with Crippen molar-refractivity contribution in [3.05, 3.63) is 52.2 Å². The molecule has 0 N–H and O–H groups in total. The first kappa shape index (κ1) is 10.8. The molecule has 17 heavy (non-hydrogen) atoms. The second-order valence-corrected chi connectivity index (χ2v) is 5.19. The van der Waals surface area contributed by atoms with Gasteiger partial charge in [-0.15, -0.1) is 0 Å². The van der Waals surface area contributed by atoms with Gasteiger partial charge in [0.15, 0.2) is 0 Å². The van der Waals surface area contributed by atoms with Crippen LogP contribution in [0.4, 0.5) is 0 Å². The second kappa shape index (κ2) is 4.14. The lowest BCUT2D eigenvalue weighted by atomic mass is 10.1. The highest BCUT2D eigenvalue weighted by molar-refractivity contribution is 14.1. The van der Waals surface area contributed by atoms with Crippen LogP contribution in [-0.2, 0) is 7.05 Å². The van der Waals surface area contributed by atoms with Gasteiger partial charge >= 0.3 is 0 Å². The molecule has 0 saturated heterocycles. The van der Waals surface area contributed by atoms with Crippen LogP contribution in [0.3, 0.4) is 0 Å². The van der Waals surface area contributed by atoms with Gasteiger partial charge in [0.1, 0.15) is 0 Å². The monoisotopic (exact) mass is 334 g/mol. The van der Waals surface area contributed by atoms with E-state index < -0.39 is 0 Å². The van der Waals surface area contributed by atoms with Crippen molar-refractivity contribution < 1.29 is 0 Å². The van der Waals surface area contributed by atoms with Gasteiger partial charge in [0.05, 0.1) is 15.5 Å². The highest BCUT2D eigenvalue weighted by Gasteiger charge is 2.08. The lowest BCUT2D eigenvalue weighted by molar-refractivity contribution is 0.776. The molecule has 2 aromatic carbocycles. The fourth-order valence-electron chi connectivity index (χ4n) is 2.07. The molecular formula is C14H11IN2. The molecule has 1 aromatic heterocycles. The number of hydrogen-bond acceptors (Lipinski definition) is 1. The largest absolute Gasteiger partial charge is 0.267 e. The highest BCUT2D eigenvalue weighted by Crippen LogP contribution is 2.27. The van der Waals surface area contributed by atoms with Crippen LogP contribution in [0.5, 0.6) is 0 Å². The van der Waals surface area contributed by atoms with E-state index in [4.69, 9.17) is 0 Å². The summed E-state index contributed by atoms with van der Waals surface area (Å²) in [6, 6.07) is 14.9. The van der Waals surface area contributed by atoms with Gasteiger partial charge in [0.25, 0.3) is 0 Å². The summed E-state index contributed by atoms with van der Waals surface area (Å²) >= 11 is 2.33. The van der Waals surface area contributed by atoms with E-state index in [-0.39, 0.29) is 0 Å². The molecule has 0 radical (unpaired) electrons. The Morgan fingerprint density at radius 2 is 1.82 bits per heavy atom. The van der Waals surface area contributed by atoms with Gasteiger partial charge < -0.3 is 0 Å². The molecule has 84 valence electrons. The van der Waals surface area contributed by atoms with E-state index in [0.717, 1.165) is 0 Å². The zero-order valence-electron chi connectivity index (χ0n) is 9.39. The molecule has 1 heterocycles. The fraction of sp³-hybridized carbons (Fsp3) is 0.0714. The fourth-order valence-corrected chi connectivity index (χ4v) is 2.86. The van der Waals surface area contributed by atoms with Crippen LogP contribution in [0.1, 0.15) is 0 Å². The topological polar surface area (TPSA) is 17.8 Å². The Kier molecular flexibility index (Phi) is 2.63. The second-order valence-electron chi connectivity index (χ2n) is 4.03. The summed E-state index contributed by atoms with van der Waals surface area (Å²) in [7, 11) is 1.98. The Bertz CT molecular complexity index is 666. The predicted molar refractivity (Wildman–Crippen MR) is 78.9 cm³/mol. The summed E-state index contributed by atoms with van der Waals surface area (Å²) in [5, 5.41) is 6.82. The number of aryl methyl sites for hydroxylation is 1. The summed E-state index contributed by atoms with van der Waals surface area (Å²) in [6.07, 6.45) is 1.89. The van der Waals surface area contributed by atoms with Crippen molar-refractivity contribution in [1.82, 2.24) is 9.78 Å². The molecule has 0 unspecified atom stereocenters. The molecule has 0 fully saturated rings. The maximum absolute atomic E-state index is 4.28. The Balaban J connectivity index is 2.25. The SMILES string of the molecule is Cn1ncc(I)c1-c1ccc2ccccc2c1. The first-order valence-corrected chi connectivity index (χ1v) is 6.50. The van der Waals surface area contributed by atoms with Crippen LogP contribution in [0, 0.1) is 3.57 Å². The van der Waals surface area contributed by atoms with Crippen LogP contribution < -0.4 is 0 Å². The van der Waals surface area contributed by atoms with E-state index in [1.54, 1.807) is 0 Å². The van der Waals surface area contributed by atoms with Crippen LogP contribution in [-0.4, -0.2) is 9.78 Å². The van der Waals surface area contributed by atoms with Gasteiger partial charge in [-0.2, -0.15) is 5.10 Å². The van der Waals surface area contributed by atoms with Crippen LogP contribution in [0.15, 0.2) is 48.7 Å². The minimum Gasteiger partial charge on any atom is -0.267 e. The van der Waals surface area contributed by atoms with Gasteiger partial charge in [-0.25, -0.2) is 0 Å². The first-order valence-electron chi connectivity index (χ1n) is 5.42. The molecule has 2 nitrogen and oxygen atoms in total. The van der Waals surface area contributed by atoms with E-state index in [1.807, 2.05) is 17.9 Å². The standard InChI is InChI=1S/C14H11IN2/c1-17-14(13(15)9-16-17)12-7-6-10-4-2-3-5-11(10)8-12/h2-9H,1H3. The van der Waals surface area contributed by atoms with E-state index in [1.165, 1.54) is 25.6 Å². The molecule has 0 bridgehead atoms. The normalized spacial score (nSPS) is 10.9. The number of aromatic nitrogens is 2. The Hall–Kier alpha value is -1.36. The maximum Gasteiger partial charge on any atom is 0.0812 e. The van der Waals surface area contributed by atoms with Crippen molar-refractivity contribution in [1.29, 1.82) is 0 Å². The number of hydrogen-bond donors (Lipinski definition) is 0. The number of fused-ring (bicyclic) bond motifs is 1. The quantitative estimate of drug-likeness (QED) is 0.618. The van der Waals surface area contributed by atoms with Crippen LogP contribution in [0.25, 0.3) is 22.0 Å². The molecule has 0 aliphatic rings. The number of halogens is 1. The molecule has 0 atom stereocenters. The molecule has 0 spiro atoms. The molecule has 0 aliphatic carbocycles. The third kappa shape index (κ3) is 1.84. The van der Waals surface area contributed by atoms with Crippen molar-refractivity contribution >= 4 is 33.4 Å². The summed E-state index contributed by atoms with van der Waals surface area (Å²) < 4.78 is 3.10. The molecule has 3 rings (SSSR count). The first-order chi connectivity index (χ1) is 8.25. The number of benzene rings is 2.